The minimum Gasteiger partial charge on any atom is -0.0616 e. The van der Waals surface area contributed by atoms with Gasteiger partial charge >= 0.3 is 0 Å². The largest absolute Gasteiger partial charge is 0.0616 e. The first kappa shape index (κ1) is 8.05. The maximum Gasteiger partial charge on any atom is -0.0181 e. The van der Waals surface area contributed by atoms with Crippen LogP contribution in [0.15, 0.2) is 42.5 Å². The number of rotatable bonds is 2. The maximum atomic E-state index is 2.32. The highest BCUT2D eigenvalue weighted by Crippen LogP contribution is 2.35. The SMILES string of the molecule is c1ccc2cc(C[C]3CC3)ccc2c1. The Labute approximate surface area is 84.6 Å². The number of hydrogen-bond donors (Lipinski definition) is 0. The van der Waals surface area contributed by atoms with Crippen molar-refractivity contribution >= 4 is 10.8 Å². The molecule has 0 N–H and O–H groups in total. The first-order chi connectivity index (χ1) is 6.92. The van der Waals surface area contributed by atoms with Crippen LogP contribution in [0, 0.1) is 5.92 Å². The van der Waals surface area contributed by atoms with Crippen molar-refractivity contribution in [2.24, 2.45) is 0 Å². The molecule has 0 amide bonds. The molecule has 3 rings (SSSR count). The van der Waals surface area contributed by atoms with Crippen molar-refractivity contribution in [2.75, 3.05) is 0 Å². The zero-order chi connectivity index (χ0) is 9.38. The minimum absolute atomic E-state index is 1.20. The van der Waals surface area contributed by atoms with E-state index in [9.17, 15) is 0 Å². The van der Waals surface area contributed by atoms with Crippen LogP contribution in [0.4, 0.5) is 0 Å². The third-order valence-electron chi connectivity index (χ3n) is 2.87. The van der Waals surface area contributed by atoms with Gasteiger partial charge in [0.2, 0.25) is 0 Å². The highest BCUT2D eigenvalue weighted by atomic mass is 14.3. The van der Waals surface area contributed by atoms with Crippen LogP contribution in [0.3, 0.4) is 0 Å². The van der Waals surface area contributed by atoms with Crippen LogP contribution in [0.1, 0.15) is 18.4 Å². The van der Waals surface area contributed by atoms with Crippen molar-refractivity contribution in [3.63, 3.8) is 0 Å². The molecule has 0 aromatic heterocycles. The van der Waals surface area contributed by atoms with Crippen molar-refractivity contribution in [1.29, 1.82) is 0 Å². The molecule has 2 aromatic carbocycles. The molecule has 0 atom stereocenters. The number of benzene rings is 2. The molecule has 1 aliphatic carbocycles. The Balaban J connectivity index is 2.01. The normalized spacial score (nSPS) is 16.0. The van der Waals surface area contributed by atoms with Gasteiger partial charge in [-0.3, -0.25) is 0 Å². The average molecular weight is 181 g/mol. The predicted octanol–water partition coefficient (Wildman–Crippen LogP) is 3.75. The lowest BCUT2D eigenvalue weighted by atomic mass is 10.0. The van der Waals surface area contributed by atoms with Gasteiger partial charge in [0.25, 0.3) is 0 Å². The van der Waals surface area contributed by atoms with Crippen molar-refractivity contribution < 1.29 is 0 Å². The zero-order valence-electron chi connectivity index (χ0n) is 8.16. The highest BCUT2D eigenvalue weighted by molar-refractivity contribution is 5.83. The lowest BCUT2D eigenvalue weighted by Crippen LogP contribution is -1.84. The molecule has 0 aliphatic heterocycles. The topological polar surface area (TPSA) is 0 Å². The molecule has 0 nitrogen and oxygen atoms in total. The van der Waals surface area contributed by atoms with Crippen LogP contribution in [-0.2, 0) is 6.42 Å². The second kappa shape index (κ2) is 3.13. The minimum atomic E-state index is 1.20. The maximum absolute atomic E-state index is 2.32. The zero-order valence-corrected chi connectivity index (χ0v) is 8.16. The summed E-state index contributed by atoms with van der Waals surface area (Å²) >= 11 is 0. The van der Waals surface area contributed by atoms with E-state index in [1.807, 2.05) is 0 Å². The fraction of sp³-hybridized carbons (Fsp3) is 0.214. The van der Waals surface area contributed by atoms with Crippen LogP contribution < -0.4 is 0 Å². The van der Waals surface area contributed by atoms with Gasteiger partial charge in [-0.2, -0.15) is 0 Å². The lowest BCUT2D eigenvalue weighted by Gasteiger charge is -2.01. The van der Waals surface area contributed by atoms with E-state index in [1.165, 1.54) is 35.6 Å². The predicted molar refractivity (Wildman–Crippen MR) is 60.1 cm³/mol. The van der Waals surface area contributed by atoms with Gasteiger partial charge in [0, 0.05) is 0 Å². The summed E-state index contributed by atoms with van der Waals surface area (Å²) in [5.74, 6) is 1.71. The van der Waals surface area contributed by atoms with E-state index in [0.717, 1.165) is 0 Å². The molecule has 0 heteroatoms. The van der Waals surface area contributed by atoms with Gasteiger partial charge in [0.1, 0.15) is 0 Å². The van der Waals surface area contributed by atoms with Crippen molar-refractivity contribution in [1.82, 2.24) is 0 Å². The Morgan fingerprint density at radius 3 is 2.43 bits per heavy atom. The summed E-state index contributed by atoms with van der Waals surface area (Å²) in [6, 6.07) is 15.4. The number of hydrogen-bond acceptors (Lipinski definition) is 0. The third-order valence-corrected chi connectivity index (χ3v) is 2.87. The van der Waals surface area contributed by atoms with Crippen LogP contribution in [0.25, 0.3) is 10.8 Å². The quantitative estimate of drug-likeness (QED) is 0.662. The van der Waals surface area contributed by atoms with Crippen LogP contribution in [0.2, 0.25) is 0 Å². The van der Waals surface area contributed by atoms with Gasteiger partial charge in [-0.15, -0.1) is 0 Å². The second-order valence-electron chi connectivity index (χ2n) is 4.11. The molecule has 0 heterocycles. The molecular formula is C14H13. The fourth-order valence-electron chi connectivity index (χ4n) is 1.90. The summed E-state index contributed by atoms with van der Waals surface area (Å²) in [6.45, 7) is 0. The van der Waals surface area contributed by atoms with E-state index in [4.69, 9.17) is 0 Å². The van der Waals surface area contributed by atoms with Gasteiger partial charge in [-0.05, 0) is 41.5 Å². The molecule has 1 radical (unpaired) electrons. The second-order valence-corrected chi connectivity index (χ2v) is 4.11. The molecule has 0 unspecified atom stereocenters. The molecule has 69 valence electrons. The molecule has 2 aromatic rings. The molecule has 0 bridgehead atoms. The first-order valence-electron chi connectivity index (χ1n) is 5.23. The smallest absolute Gasteiger partial charge is 0.0181 e. The number of fused-ring (bicyclic) bond motifs is 1. The van der Waals surface area contributed by atoms with E-state index < -0.39 is 0 Å². The Morgan fingerprint density at radius 1 is 0.857 bits per heavy atom. The monoisotopic (exact) mass is 181 g/mol. The van der Waals surface area contributed by atoms with Crippen molar-refractivity contribution in [2.45, 2.75) is 19.3 Å². The highest BCUT2D eigenvalue weighted by Gasteiger charge is 2.21. The fourth-order valence-corrected chi connectivity index (χ4v) is 1.90. The molecule has 1 aliphatic rings. The first-order valence-corrected chi connectivity index (χ1v) is 5.23. The van der Waals surface area contributed by atoms with Gasteiger partial charge in [-0.1, -0.05) is 42.5 Å². The molecule has 1 saturated carbocycles. The molecule has 14 heavy (non-hydrogen) atoms. The molecule has 0 spiro atoms. The van der Waals surface area contributed by atoms with Crippen LogP contribution >= 0.6 is 0 Å². The van der Waals surface area contributed by atoms with E-state index in [0.29, 0.717) is 0 Å². The van der Waals surface area contributed by atoms with Crippen molar-refractivity contribution in [3.8, 4) is 0 Å². The van der Waals surface area contributed by atoms with Gasteiger partial charge in [0.05, 0.1) is 0 Å². The van der Waals surface area contributed by atoms with E-state index >= 15 is 0 Å². The summed E-state index contributed by atoms with van der Waals surface area (Å²) in [7, 11) is 0. The van der Waals surface area contributed by atoms with Crippen LogP contribution in [-0.4, -0.2) is 0 Å². The third kappa shape index (κ3) is 1.52. The van der Waals surface area contributed by atoms with E-state index in [2.05, 4.69) is 42.5 Å². The van der Waals surface area contributed by atoms with E-state index in [-0.39, 0.29) is 0 Å². The van der Waals surface area contributed by atoms with Gasteiger partial charge in [0.15, 0.2) is 0 Å². The summed E-state index contributed by atoms with van der Waals surface area (Å²) < 4.78 is 0. The molecule has 1 fully saturated rings. The average Bonchev–Trinajstić information content (AvgIpc) is 3.02. The van der Waals surface area contributed by atoms with Crippen LogP contribution in [0.5, 0.6) is 0 Å². The molecule has 0 saturated heterocycles. The molecular weight excluding hydrogens is 168 g/mol. The summed E-state index contributed by atoms with van der Waals surface area (Å²) in [4.78, 5) is 0. The Morgan fingerprint density at radius 2 is 1.64 bits per heavy atom. The Hall–Kier alpha value is -1.30. The van der Waals surface area contributed by atoms with Gasteiger partial charge < -0.3 is 0 Å². The Bertz CT molecular complexity index is 452. The standard InChI is InChI=1S/C14H13/c1-2-4-14-10-12(9-11-5-6-11)7-8-13(14)3-1/h1-4,7-8,10H,5-6,9H2. The van der Waals surface area contributed by atoms with E-state index in [1.54, 1.807) is 5.92 Å². The Kier molecular flexibility index (Phi) is 1.80. The summed E-state index contributed by atoms with van der Waals surface area (Å²) in [6.07, 6.45) is 3.91. The summed E-state index contributed by atoms with van der Waals surface area (Å²) in [5, 5.41) is 2.71. The summed E-state index contributed by atoms with van der Waals surface area (Å²) in [5.41, 5.74) is 1.47. The van der Waals surface area contributed by atoms with Crippen molar-refractivity contribution in [3.05, 3.63) is 53.9 Å². The van der Waals surface area contributed by atoms with Gasteiger partial charge in [-0.25, -0.2) is 0 Å². The lowest BCUT2D eigenvalue weighted by molar-refractivity contribution is 1.12.